The van der Waals surface area contributed by atoms with Crippen LogP contribution in [0.2, 0.25) is 0 Å². The highest BCUT2D eigenvalue weighted by atomic mass is 32.2. The standard InChI is InChI=1S/C17H15NO4S/c1-22-16-11-12(4-10-17(16)23-2)3-9-15(19)13-5-7-14(8-6-13)18(20)21/h3-11H,1-2H3/b9-3+. The lowest BCUT2D eigenvalue weighted by Gasteiger charge is -2.06. The molecule has 0 fully saturated rings. The molecule has 2 aromatic carbocycles. The number of nitro groups is 1. The van der Waals surface area contributed by atoms with Gasteiger partial charge in [0.25, 0.3) is 5.69 Å². The zero-order chi connectivity index (χ0) is 16.8. The van der Waals surface area contributed by atoms with E-state index in [2.05, 4.69) is 0 Å². The summed E-state index contributed by atoms with van der Waals surface area (Å²) in [7, 11) is 1.60. The van der Waals surface area contributed by atoms with Crippen molar-refractivity contribution in [1.29, 1.82) is 0 Å². The Balaban J connectivity index is 2.16. The highest BCUT2D eigenvalue weighted by Gasteiger charge is 2.07. The van der Waals surface area contributed by atoms with Gasteiger partial charge in [0.15, 0.2) is 5.78 Å². The first kappa shape index (κ1) is 16.8. The summed E-state index contributed by atoms with van der Waals surface area (Å²) in [6.45, 7) is 0. The van der Waals surface area contributed by atoms with E-state index in [0.717, 1.165) is 16.2 Å². The van der Waals surface area contributed by atoms with Gasteiger partial charge in [0.1, 0.15) is 5.75 Å². The van der Waals surface area contributed by atoms with Crippen molar-refractivity contribution >= 4 is 29.3 Å². The van der Waals surface area contributed by atoms with Crippen LogP contribution in [0.3, 0.4) is 0 Å². The Labute approximate surface area is 138 Å². The largest absolute Gasteiger partial charge is 0.496 e. The fourth-order valence-corrected chi connectivity index (χ4v) is 2.52. The molecule has 0 saturated carbocycles. The first-order valence-corrected chi connectivity index (χ1v) is 7.96. The first-order valence-electron chi connectivity index (χ1n) is 6.74. The Hall–Kier alpha value is -2.60. The Morgan fingerprint density at radius 3 is 2.48 bits per heavy atom. The van der Waals surface area contributed by atoms with Gasteiger partial charge in [0, 0.05) is 22.6 Å². The summed E-state index contributed by atoms with van der Waals surface area (Å²) in [5.74, 6) is 0.537. The number of hydrogen-bond acceptors (Lipinski definition) is 5. The van der Waals surface area contributed by atoms with E-state index in [1.54, 1.807) is 24.9 Å². The van der Waals surface area contributed by atoms with Crippen molar-refractivity contribution in [3.8, 4) is 5.75 Å². The van der Waals surface area contributed by atoms with Gasteiger partial charge in [0.2, 0.25) is 0 Å². The van der Waals surface area contributed by atoms with E-state index in [0.29, 0.717) is 5.56 Å². The van der Waals surface area contributed by atoms with Gasteiger partial charge in [0.05, 0.1) is 12.0 Å². The molecule has 2 rings (SSSR count). The minimum Gasteiger partial charge on any atom is -0.496 e. The monoisotopic (exact) mass is 329 g/mol. The molecule has 5 nitrogen and oxygen atoms in total. The van der Waals surface area contributed by atoms with Gasteiger partial charge >= 0.3 is 0 Å². The van der Waals surface area contributed by atoms with Gasteiger partial charge < -0.3 is 4.74 Å². The number of ether oxygens (including phenoxy) is 1. The summed E-state index contributed by atoms with van der Waals surface area (Å²) in [4.78, 5) is 23.2. The zero-order valence-corrected chi connectivity index (χ0v) is 13.5. The average molecular weight is 329 g/mol. The number of rotatable bonds is 6. The normalized spacial score (nSPS) is 10.7. The molecule has 23 heavy (non-hydrogen) atoms. The number of thioether (sulfide) groups is 1. The number of carbonyl (C=O) groups excluding carboxylic acids is 1. The van der Waals surface area contributed by atoms with Crippen LogP contribution in [0.4, 0.5) is 5.69 Å². The topological polar surface area (TPSA) is 69.4 Å². The van der Waals surface area contributed by atoms with Crippen LogP contribution in [-0.2, 0) is 0 Å². The first-order chi connectivity index (χ1) is 11.0. The maximum Gasteiger partial charge on any atom is 0.269 e. The predicted molar refractivity (Wildman–Crippen MR) is 91.2 cm³/mol. The summed E-state index contributed by atoms with van der Waals surface area (Å²) in [6.07, 6.45) is 5.09. The lowest BCUT2D eigenvalue weighted by atomic mass is 10.1. The summed E-state index contributed by atoms with van der Waals surface area (Å²) in [5.41, 5.74) is 1.21. The minimum absolute atomic E-state index is 0.0390. The van der Waals surface area contributed by atoms with Crippen molar-refractivity contribution in [2.45, 2.75) is 4.90 Å². The zero-order valence-electron chi connectivity index (χ0n) is 12.7. The summed E-state index contributed by atoms with van der Waals surface area (Å²) in [5, 5.41) is 10.6. The number of hydrogen-bond donors (Lipinski definition) is 0. The molecule has 0 N–H and O–H groups in total. The quantitative estimate of drug-likeness (QED) is 0.261. The Morgan fingerprint density at radius 2 is 1.91 bits per heavy atom. The number of methoxy groups -OCH3 is 1. The lowest BCUT2D eigenvalue weighted by Crippen LogP contribution is -1.95. The lowest BCUT2D eigenvalue weighted by molar-refractivity contribution is -0.384. The van der Waals surface area contributed by atoms with Crippen molar-refractivity contribution in [1.82, 2.24) is 0 Å². The SMILES string of the molecule is COc1cc(/C=C/C(=O)c2ccc([N+](=O)[O-])cc2)ccc1SC. The number of ketones is 1. The number of carbonyl (C=O) groups is 1. The molecule has 0 saturated heterocycles. The van der Waals surface area contributed by atoms with Gasteiger partial charge in [-0.25, -0.2) is 0 Å². The maximum atomic E-state index is 12.1. The van der Waals surface area contributed by atoms with Gasteiger partial charge in [-0.1, -0.05) is 12.1 Å². The number of non-ortho nitro benzene ring substituents is 1. The minimum atomic E-state index is -0.496. The third-order valence-electron chi connectivity index (χ3n) is 3.20. The fourth-order valence-electron chi connectivity index (χ4n) is 1.97. The van der Waals surface area contributed by atoms with Crippen LogP contribution >= 0.6 is 11.8 Å². The van der Waals surface area contributed by atoms with E-state index in [-0.39, 0.29) is 11.5 Å². The predicted octanol–water partition coefficient (Wildman–Crippen LogP) is 4.22. The van der Waals surface area contributed by atoms with Gasteiger partial charge in [-0.3, -0.25) is 14.9 Å². The van der Waals surface area contributed by atoms with E-state index in [4.69, 9.17) is 4.74 Å². The number of allylic oxidation sites excluding steroid dienone is 1. The molecule has 0 heterocycles. The van der Waals surface area contributed by atoms with Crippen molar-refractivity contribution in [3.05, 3.63) is 69.8 Å². The van der Waals surface area contributed by atoms with Crippen LogP contribution in [0.1, 0.15) is 15.9 Å². The molecule has 0 aliphatic heterocycles. The van der Waals surface area contributed by atoms with Crippen molar-refractivity contribution in [3.63, 3.8) is 0 Å². The van der Waals surface area contributed by atoms with E-state index in [1.165, 1.54) is 30.3 Å². The second-order valence-electron chi connectivity index (χ2n) is 4.62. The van der Waals surface area contributed by atoms with E-state index in [1.807, 2.05) is 24.5 Å². The second-order valence-corrected chi connectivity index (χ2v) is 5.46. The molecule has 0 aromatic heterocycles. The third-order valence-corrected chi connectivity index (χ3v) is 3.97. The summed E-state index contributed by atoms with van der Waals surface area (Å²) < 4.78 is 5.30. The molecular formula is C17H15NO4S. The molecule has 2 aromatic rings. The number of benzene rings is 2. The van der Waals surface area contributed by atoms with Crippen LogP contribution < -0.4 is 4.74 Å². The van der Waals surface area contributed by atoms with Gasteiger partial charge in [-0.05, 0) is 42.2 Å². The number of nitrogens with zero attached hydrogens (tertiary/aromatic N) is 1. The van der Waals surface area contributed by atoms with Crippen LogP contribution in [0.5, 0.6) is 5.75 Å². The second kappa shape index (κ2) is 7.60. The van der Waals surface area contributed by atoms with Crippen LogP contribution in [0.25, 0.3) is 6.08 Å². The van der Waals surface area contributed by atoms with Gasteiger partial charge in [-0.15, -0.1) is 11.8 Å². The average Bonchev–Trinajstić information content (AvgIpc) is 2.59. The molecule has 118 valence electrons. The molecule has 6 heteroatoms. The summed E-state index contributed by atoms with van der Waals surface area (Å²) in [6, 6.07) is 11.2. The Bertz CT molecular complexity index is 754. The maximum absolute atomic E-state index is 12.1. The third kappa shape index (κ3) is 4.20. The molecule has 0 aliphatic carbocycles. The molecule has 0 atom stereocenters. The molecule has 0 radical (unpaired) electrons. The van der Waals surface area contributed by atoms with Gasteiger partial charge in [-0.2, -0.15) is 0 Å². The highest BCUT2D eigenvalue weighted by Crippen LogP contribution is 2.28. The van der Waals surface area contributed by atoms with Crippen LogP contribution in [0, 0.1) is 10.1 Å². The van der Waals surface area contributed by atoms with Crippen molar-refractivity contribution in [2.24, 2.45) is 0 Å². The Kier molecular flexibility index (Phi) is 5.54. The molecule has 0 aliphatic rings. The summed E-state index contributed by atoms with van der Waals surface area (Å²) >= 11 is 1.58. The number of nitro benzene ring substituents is 1. The molecule has 0 bridgehead atoms. The highest BCUT2D eigenvalue weighted by molar-refractivity contribution is 7.98. The van der Waals surface area contributed by atoms with E-state index in [9.17, 15) is 14.9 Å². The molecule has 0 spiro atoms. The van der Waals surface area contributed by atoms with Crippen LogP contribution in [-0.4, -0.2) is 24.1 Å². The van der Waals surface area contributed by atoms with Crippen molar-refractivity contribution < 1.29 is 14.5 Å². The fraction of sp³-hybridized carbons (Fsp3) is 0.118. The van der Waals surface area contributed by atoms with Crippen molar-refractivity contribution in [2.75, 3.05) is 13.4 Å². The smallest absolute Gasteiger partial charge is 0.269 e. The molecule has 0 unspecified atom stereocenters. The molecular weight excluding hydrogens is 314 g/mol. The van der Waals surface area contributed by atoms with E-state index < -0.39 is 4.92 Å². The molecule has 0 amide bonds. The van der Waals surface area contributed by atoms with E-state index >= 15 is 0 Å². The van der Waals surface area contributed by atoms with Crippen LogP contribution in [0.15, 0.2) is 53.4 Å². The Morgan fingerprint density at radius 1 is 1.22 bits per heavy atom.